The Labute approximate surface area is 256 Å². The lowest BCUT2D eigenvalue weighted by molar-refractivity contribution is -0.385. The number of nitro benzene ring substituents is 1. The number of carbonyl (C=O) groups excluding carboxylic acids is 2. The Hall–Kier alpha value is -4.16. The van der Waals surface area contributed by atoms with Gasteiger partial charge in [-0.3, -0.25) is 24.0 Å². The lowest BCUT2D eigenvalue weighted by Crippen LogP contribution is -2.52. The molecule has 0 aromatic heterocycles. The number of nitro groups is 1. The summed E-state index contributed by atoms with van der Waals surface area (Å²) in [5.74, 6) is -1.02. The van der Waals surface area contributed by atoms with Crippen molar-refractivity contribution in [2.24, 2.45) is 0 Å². The molecule has 230 valence electrons. The Bertz CT molecular complexity index is 1610. The molecule has 43 heavy (non-hydrogen) atoms. The van der Waals surface area contributed by atoms with Gasteiger partial charge in [0.15, 0.2) is 0 Å². The summed E-state index contributed by atoms with van der Waals surface area (Å²) in [7, 11) is -3.27. The Kier molecular flexibility index (Phi) is 10.8. The number of sulfonamides is 1. The second-order valence-electron chi connectivity index (χ2n) is 10.4. The van der Waals surface area contributed by atoms with E-state index in [4.69, 9.17) is 16.3 Å². The van der Waals surface area contributed by atoms with E-state index in [2.05, 4.69) is 5.32 Å². The summed E-state index contributed by atoms with van der Waals surface area (Å²) in [5.41, 5.74) is 1.55. The highest BCUT2D eigenvalue weighted by Gasteiger charge is 2.35. The fraction of sp³-hybridized carbons (Fsp3) is 0.333. The molecule has 11 nitrogen and oxygen atoms in total. The van der Waals surface area contributed by atoms with Crippen molar-refractivity contribution in [3.8, 4) is 5.75 Å². The Balaban J connectivity index is 2.16. The van der Waals surface area contributed by atoms with Crippen molar-refractivity contribution >= 4 is 44.8 Å². The van der Waals surface area contributed by atoms with Crippen LogP contribution in [0.1, 0.15) is 37.5 Å². The van der Waals surface area contributed by atoms with Crippen LogP contribution in [-0.2, 0) is 26.2 Å². The van der Waals surface area contributed by atoms with Gasteiger partial charge in [0, 0.05) is 29.2 Å². The maximum atomic E-state index is 14.2. The second-order valence-corrected chi connectivity index (χ2v) is 12.7. The third-order valence-corrected chi connectivity index (χ3v) is 8.72. The number of nitrogens with one attached hydrogen (secondary N) is 1. The van der Waals surface area contributed by atoms with Crippen LogP contribution in [0.2, 0.25) is 5.02 Å². The minimum absolute atomic E-state index is 0.0162. The largest absolute Gasteiger partial charge is 0.495 e. The molecular weight excluding hydrogens is 596 g/mol. The van der Waals surface area contributed by atoms with Crippen molar-refractivity contribution in [2.45, 2.75) is 58.1 Å². The summed E-state index contributed by atoms with van der Waals surface area (Å²) in [6.45, 7) is 7.80. The van der Waals surface area contributed by atoms with E-state index in [0.717, 1.165) is 21.5 Å². The van der Waals surface area contributed by atoms with Gasteiger partial charge in [0.25, 0.3) is 15.7 Å². The number of hydrogen-bond acceptors (Lipinski definition) is 7. The molecule has 0 bridgehead atoms. The zero-order valence-corrected chi connectivity index (χ0v) is 26.4. The molecule has 3 aromatic carbocycles. The van der Waals surface area contributed by atoms with E-state index >= 15 is 0 Å². The lowest BCUT2D eigenvalue weighted by Gasteiger charge is -2.32. The second kappa shape index (κ2) is 13.9. The molecule has 0 heterocycles. The number of anilines is 1. The number of ether oxygens (including phenoxy) is 1. The number of rotatable bonds is 12. The quantitative estimate of drug-likeness (QED) is 0.219. The number of nitrogens with zero attached hydrogens (tertiary/aromatic N) is 3. The van der Waals surface area contributed by atoms with E-state index in [1.54, 1.807) is 20.8 Å². The van der Waals surface area contributed by atoms with E-state index in [0.29, 0.717) is 0 Å². The number of carbonyl (C=O) groups is 2. The number of hydrogen-bond donors (Lipinski definition) is 1. The van der Waals surface area contributed by atoms with Crippen molar-refractivity contribution in [1.82, 2.24) is 10.2 Å². The molecule has 0 fully saturated rings. The van der Waals surface area contributed by atoms with Crippen molar-refractivity contribution in [1.29, 1.82) is 0 Å². The molecule has 0 aliphatic heterocycles. The summed E-state index contributed by atoms with van der Waals surface area (Å²) >= 11 is 6.25. The van der Waals surface area contributed by atoms with Crippen molar-refractivity contribution in [2.75, 3.05) is 18.0 Å². The molecule has 1 N–H and O–H groups in total. The molecule has 3 aromatic rings. The molecule has 3 rings (SSSR count). The van der Waals surface area contributed by atoms with E-state index in [1.807, 2.05) is 31.2 Å². The van der Waals surface area contributed by atoms with Crippen molar-refractivity contribution < 1.29 is 27.7 Å². The van der Waals surface area contributed by atoms with Gasteiger partial charge in [-0.05, 0) is 64.4 Å². The smallest absolute Gasteiger partial charge is 0.273 e. The van der Waals surface area contributed by atoms with Crippen LogP contribution in [0.5, 0.6) is 5.75 Å². The summed E-state index contributed by atoms with van der Waals surface area (Å²) in [6.07, 6.45) is 0. The van der Waals surface area contributed by atoms with Gasteiger partial charge in [-0.25, -0.2) is 8.42 Å². The van der Waals surface area contributed by atoms with Crippen LogP contribution < -0.4 is 14.4 Å². The first-order valence-corrected chi connectivity index (χ1v) is 15.2. The Morgan fingerprint density at radius 2 is 1.67 bits per heavy atom. The normalized spacial score (nSPS) is 12.0. The molecule has 13 heteroatoms. The first-order chi connectivity index (χ1) is 20.1. The summed E-state index contributed by atoms with van der Waals surface area (Å²) in [5, 5.41) is 14.6. The maximum absolute atomic E-state index is 14.2. The predicted octanol–water partition coefficient (Wildman–Crippen LogP) is 5.01. The van der Waals surface area contributed by atoms with Gasteiger partial charge in [0.1, 0.15) is 18.3 Å². The molecule has 0 radical (unpaired) electrons. The standard InChI is InChI=1S/C30H35ClN4O7S/c1-19(2)32-30(37)22(5)33(17-23-10-7-20(3)8-11-23)29(36)18-34(27-15-24(31)12-14-28(27)42-6)43(40,41)25-13-9-21(4)26(16-25)35(38)39/h7-16,19,22H,17-18H2,1-6H3,(H,32,37)/t22-/m0/s1. The molecule has 2 amide bonds. The monoisotopic (exact) mass is 630 g/mol. The molecule has 0 saturated heterocycles. The predicted molar refractivity (Wildman–Crippen MR) is 165 cm³/mol. The number of benzene rings is 3. The van der Waals surface area contributed by atoms with Crippen LogP contribution in [0.25, 0.3) is 0 Å². The minimum atomic E-state index is -4.61. The van der Waals surface area contributed by atoms with Gasteiger partial charge >= 0.3 is 0 Å². The van der Waals surface area contributed by atoms with E-state index in [-0.39, 0.29) is 34.6 Å². The number of methoxy groups -OCH3 is 1. The topological polar surface area (TPSA) is 139 Å². The van der Waals surface area contributed by atoms with Gasteiger partial charge in [0.05, 0.1) is 22.6 Å². The third-order valence-electron chi connectivity index (χ3n) is 6.73. The fourth-order valence-electron chi connectivity index (χ4n) is 4.32. The molecule has 1 atom stereocenters. The van der Waals surface area contributed by atoms with Gasteiger partial charge in [-0.2, -0.15) is 0 Å². The van der Waals surface area contributed by atoms with Gasteiger partial charge in [-0.1, -0.05) is 47.5 Å². The molecule has 0 aliphatic rings. The van der Waals surface area contributed by atoms with E-state index < -0.39 is 49.9 Å². The van der Waals surface area contributed by atoms with E-state index in [9.17, 15) is 28.1 Å². The lowest BCUT2D eigenvalue weighted by atomic mass is 10.1. The molecule has 0 unspecified atom stereocenters. The number of halogens is 1. The zero-order chi connectivity index (χ0) is 32.1. The van der Waals surface area contributed by atoms with Crippen molar-refractivity contribution in [3.63, 3.8) is 0 Å². The minimum Gasteiger partial charge on any atom is -0.495 e. The average Bonchev–Trinajstić information content (AvgIpc) is 2.94. The third kappa shape index (κ3) is 8.02. The fourth-order valence-corrected chi connectivity index (χ4v) is 5.93. The van der Waals surface area contributed by atoms with Crippen LogP contribution in [-0.4, -0.2) is 55.8 Å². The molecular formula is C30H35ClN4O7S. The number of amides is 2. The van der Waals surface area contributed by atoms with Crippen LogP contribution in [0, 0.1) is 24.0 Å². The Morgan fingerprint density at radius 1 is 1.02 bits per heavy atom. The molecule has 0 aliphatic carbocycles. The van der Waals surface area contributed by atoms with Crippen LogP contribution in [0.4, 0.5) is 11.4 Å². The average molecular weight is 631 g/mol. The van der Waals surface area contributed by atoms with Gasteiger partial charge < -0.3 is 15.0 Å². The first-order valence-electron chi connectivity index (χ1n) is 13.4. The van der Waals surface area contributed by atoms with Crippen LogP contribution in [0.15, 0.2) is 65.6 Å². The van der Waals surface area contributed by atoms with Crippen molar-refractivity contribution in [3.05, 3.63) is 92.5 Å². The summed E-state index contributed by atoms with van der Waals surface area (Å²) in [6, 6.07) is 14.0. The SMILES string of the molecule is COc1ccc(Cl)cc1N(CC(=O)N(Cc1ccc(C)cc1)[C@@H](C)C(=O)NC(C)C)S(=O)(=O)c1ccc(C)c([N+](=O)[O-])c1. The summed E-state index contributed by atoms with van der Waals surface area (Å²) in [4.78, 5) is 39.0. The highest BCUT2D eigenvalue weighted by atomic mass is 35.5. The summed E-state index contributed by atoms with van der Waals surface area (Å²) < 4.78 is 34.5. The van der Waals surface area contributed by atoms with Crippen LogP contribution in [0.3, 0.4) is 0 Å². The maximum Gasteiger partial charge on any atom is 0.273 e. The van der Waals surface area contributed by atoms with E-state index in [1.165, 1.54) is 49.3 Å². The zero-order valence-electron chi connectivity index (χ0n) is 24.8. The van der Waals surface area contributed by atoms with Gasteiger partial charge in [-0.15, -0.1) is 0 Å². The molecule has 0 spiro atoms. The highest BCUT2D eigenvalue weighted by Crippen LogP contribution is 2.36. The number of aryl methyl sites for hydroxylation is 2. The first kappa shape index (κ1) is 33.3. The molecule has 0 saturated carbocycles. The highest BCUT2D eigenvalue weighted by molar-refractivity contribution is 7.92. The van der Waals surface area contributed by atoms with Gasteiger partial charge in [0.2, 0.25) is 11.8 Å². The Morgan fingerprint density at radius 3 is 2.26 bits per heavy atom. The van der Waals surface area contributed by atoms with Crippen LogP contribution >= 0.6 is 11.6 Å².